The second kappa shape index (κ2) is 3.38. The molecule has 1 rings (SSSR count). The molecule has 0 aliphatic heterocycles. The summed E-state index contributed by atoms with van der Waals surface area (Å²) in [5.41, 5.74) is -1.23. The Morgan fingerprint density at radius 3 is 2.67 bits per heavy atom. The van der Waals surface area contributed by atoms with Gasteiger partial charge in [-0.2, -0.15) is 0 Å². The topological polar surface area (TPSA) is 53.1 Å². The van der Waals surface area contributed by atoms with Crippen LogP contribution in [0.1, 0.15) is 12.1 Å². The molecule has 1 aromatic rings. The second-order valence-corrected chi connectivity index (χ2v) is 3.11. The number of hydrogen-bond donors (Lipinski definition) is 2. The molecule has 66 valence electrons. The van der Waals surface area contributed by atoms with Crippen LogP contribution in [0.15, 0.2) is 11.0 Å². The van der Waals surface area contributed by atoms with Gasteiger partial charge in [0.1, 0.15) is 0 Å². The van der Waals surface area contributed by atoms with Gasteiger partial charge in [0, 0.05) is 6.20 Å². The average Bonchev–Trinajstić information content (AvgIpc) is 2.00. The minimum absolute atomic E-state index is 0.178. The Balaban J connectivity index is 3.37. The highest BCUT2D eigenvalue weighted by Crippen LogP contribution is 2.20. The lowest BCUT2D eigenvalue weighted by atomic mass is 10.3. The molecule has 12 heavy (non-hydrogen) atoms. The molecular formula is C6H4F2INO2. The van der Waals surface area contributed by atoms with E-state index < -0.39 is 23.3 Å². The van der Waals surface area contributed by atoms with Gasteiger partial charge in [-0.3, -0.25) is 4.79 Å². The second-order valence-electron chi connectivity index (χ2n) is 2.03. The molecule has 6 heteroatoms. The van der Waals surface area contributed by atoms with Crippen molar-refractivity contribution in [3.05, 3.63) is 25.7 Å². The fraction of sp³-hybridized carbons (Fsp3) is 0.167. The van der Waals surface area contributed by atoms with Crippen LogP contribution in [-0.2, 0) is 0 Å². The van der Waals surface area contributed by atoms with Gasteiger partial charge in [-0.25, -0.2) is 8.78 Å². The van der Waals surface area contributed by atoms with Crippen molar-refractivity contribution in [1.29, 1.82) is 0 Å². The fourth-order valence-corrected chi connectivity index (χ4v) is 1.34. The average molecular weight is 287 g/mol. The molecule has 0 unspecified atom stereocenters. The van der Waals surface area contributed by atoms with Crippen LogP contribution in [0, 0.1) is 3.57 Å². The van der Waals surface area contributed by atoms with Gasteiger partial charge in [-0.1, -0.05) is 0 Å². The first kappa shape index (κ1) is 9.43. The number of aromatic hydroxyl groups is 1. The first-order chi connectivity index (χ1) is 5.54. The minimum atomic E-state index is -2.73. The minimum Gasteiger partial charge on any atom is -0.503 e. The van der Waals surface area contributed by atoms with E-state index in [0.717, 1.165) is 6.20 Å². The van der Waals surface area contributed by atoms with Crippen LogP contribution in [0.25, 0.3) is 0 Å². The summed E-state index contributed by atoms with van der Waals surface area (Å²) in [5.74, 6) is -0.552. The molecule has 0 saturated carbocycles. The van der Waals surface area contributed by atoms with Crippen LogP contribution < -0.4 is 5.43 Å². The molecule has 0 amide bonds. The quantitative estimate of drug-likeness (QED) is 0.771. The summed E-state index contributed by atoms with van der Waals surface area (Å²) >= 11 is 1.46. The van der Waals surface area contributed by atoms with E-state index in [-0.39, 0.29) is 3.57 Å². The van der Waals surface area contributed by atoms with Gasteiger partial charge in [0.15, 0.2) is 5.75 Å². The summed E-state index contributed by atoms with van der Waals surface area (Å²) < 4.78 is 24.0. The summed E-state index contributed by atoms with van der Waals surface area (Å²) in [7, 11) is 0. The SMILES string of the molecule is O=c1c(O)c[nH]c(C(F)F)c1I. The highest BCUT2D eigenvalue weighted by atomic mass is 127. The zero-order valence-electron chi connectivity index (χ0n) is 5.64. The molecule has 0 aliphatic carbocycles. The summed E-state index contributed by atoms with van der Waals surface area (Å²) in [4.78, 5) is 13.0. The van der Waals surface area contributed by atoms with Crippen molar-refractivity contribution >= 4 is 22.6 Å². The number of halogens is 3. The van der Waals surface area contributed by atoms with E-state index >= 15 is 0 Å². The number of nitrogens with one attached hydrogen (secondary N) is 1. The highest BCUT2D eigenvalue weighted by molar-refractivity contribution is 14.1. The van der Waals surface area contributed by atoms with Crippen LogP contribution >= 0.6 is 22.6 Å². The van der Waals surface area contributed by atoms with Crippen LogP contribution in [0.2, 0.25) is 0 Å². The predicted molar refractivity (Wildman–Crippen MR) is 46.4 cm³/mol. The van der Waals surface area contributed by atoms with Crippen LogP contribution in [0.5, 0.6) is 5.75 Å². The molecule has 0 atom stereocenters. The van der Waals surface area contributed by atoms with Gasteiger partial charge in [0.25, 0.3) is 6.43 Å². The van der Waals surface area contributed by atoms with Crippen LogP contribution in [0.4, 0.5) is 8.78 Å². The zero-order chi connectivity index (χ0) is 9.30. The predicted octanol–water partition coefficient (Wildman–Crippen LogP) is 1.62. The van der Waals surface area contributed by atoms with E-state index in [9.17, 15) is 13.6 Å². The summed E-state index contributed by atoms with van der Waals surface area (Å²) in [6, 6.07) is 0. The van der Waals surface area contributed by atoms with Gasteiger partial charge in [0.2, 0.25) is 5.43 Å². The lowest BCUT2D eigenvalue weighted by molar-refractivity contribution is 0.144. The molecular weight excluding hydrogens is 283 g/mol. The van der Waals surface area contributed by atoms with Crippen LogP contribution in [-0.4, -0.2) is 10.1 Å². The lowest BCUT2D eigenvalue weighted by Crippen LogP contribution is -2.10. The van der Waals surface area contributed by atoms with E-state index in [1.165, 1.54) is 22.6 Å². The maximum Gasteiger partial charge on any atom is 0.279 e. The van der Waals surface area contributed by atoms with Crippen molar-refractivity contribution in [3.8, 4) is 5.75 Å². The Labute approximate surface area is 79.6 Å². The molecule has 0 spiro atoms. The molecule has 0 bridgehead atoms. The molecule has 0 radical (unpaired) electrons. The smallest absolute Gasteiger partial charge is 0.279 e. The lowest BCUT2D eigenvalue weighted by Gasteiger charge is -2.01. The molecule has 0 fully saturated rings. The van der Waals surface area contributed by atoms with Crippen molar-refractivity contribution in [2.75, 3.05) is 0 Å². The third-order valence-electron chi connectivity index (χ3n) is 1.25. The maximum atomic E-state index is 12.1. The van der Waals surface area contributed by atoms with Crippen molar-refractivity contribution in [2.45, 2.75) is 6.43 Å². The van der Waals surface area contributed by atoms with Crippen molar-refractivity contribution in [2.24, 2.45) is 0 Å². The number of H-pyrrole nitrogens is 1. The number of alkyl halides is 2. The van der Waals surface area contributed by atoms with E-state index in [1.807, 2.05) is 0 Å². The normalized spacial score (nSPS) is 10.7. The molecule has 0 saturated heterocycles. The summed E-state index contributed by atoms with van der Waals surface area (Å²) in [6.07, 6.45) is -1.88. The molecule has 3 nitrogen and oxygen atoms in total. The van der Waals surface area contributed by atoms with Crippen molar-refractivity contribution in [1.82, 2.24) is 4.98 Å². The largest absolute Gasteiger partial charge is 0.503 e. The Bertz CT molecular complexity index is 350. The number of rotatable bonds is 1. The van der Waals surface area contributed by atoms with E-state index in [1.54, 1.807) is 0 Å². The third-order valence-corrected chi connectivity index (χ3v) is 2.32. The number of pyridine rings is 1. The first-order valence-corrected chi connectivity index (χ1v) is 4.00. The maximum absolute atomic E-state index is 12.1. The van der Waals surface area contributed by atoms with E-state index in [2.05, 4.69) is 4.98 Å². The van der Waals surface area contributed by atoms with Crippen molar-refractivity contribution < 1.29 is 13.9 Å². The third kappa shape index (κ3) is 1.57. The van der Waals surface area contributed by atoms with Gasteiger partial charge in [-0.15, -0.1) is 0 Å². The summed E-state index contributed by atoms with van der Waals surface area (Å²) in [6.45, 7) is 0. The fourth-order valence-electron chi connectivity index (χ4n) is 0.669. The highest BCUT2D eigenvalue weighted by Gasteiger charge is 2.15. The Morgan fingerprint density at radius 2 is 2.17 bits per heavy atom. The number of aromatic nitrogens is 1. The van der Waals surface area contributed by atoms with E-state index in [4.69, 9.17) is 5.11 Å². The number of hydrogen-bond acceptors (Lipinski definition) is 2. The van der Waals surface area contributed by atoms with Gasteiger partial charge < -0.3 is 10.1 Å². The standard InChI is InChI=1S/C6H4F2INO2/c7-6(8)4-3(9)5(12)2(11)1-10-4/h1,6,11H,(H,10,12). The summed E-state index contributed by atoms with van der Waals surface area (Å²) in [5, 5.41) is 8.81. The molecule has 2 N–H and O–H groups in total. The Kier molecular flexibility index (Phi) is 2.65. The Morgan fingerprint density at radius 1 is 1.58 bits per heavy atom. The van der Waals surface area contributed by atoms with Crippen molar-refractivity contribution in [3.63, 3.8) is 0 Å². The molecule has 1 heterocycles. The molecule has 1 aromatic heterocycles. The monoisotopic (exact) mass is 287 g/mol. The number of aromatic amines is 1. The molecule has 0 aliphatic rings. The zero-order valence-corrected chi connectivity index (χ0v) is 7.80. The first-order valence-electron chi connectivity index (χ1n) is 2.92. The van der Waals surface area contributed by atoms with E-state index in [0.29, 0.717) is 0 Å². The van der Waals surface area contributed by atoms with Gasteiger partial charge in [0.05, 0.1) is 9.26 Å². The van der Waals surface area contributed by atoms with Gasteiger partial charge >= 0.3 is 0 Å². The Hall–Kier alpha value is -0.660. The molecule has 0 aromatic carbocycles. The van der Waals surface area contributed by atoms with Crippen LogP contribution in [0.3, 0.4) is 0 Å². The van der Waals surface area contributed by atoms with Gasteiger partial charge in [-0.05, 0) is 22.6 Å².